The molecule has 104 valence electrons. The van der Waals surface area contributed by atoms with Crippen LogP contribution in [-0.4, -0.2) is 35.0 Å². The first-order valence-corrected chi connectivity index (χ1v) is 6.77. The van der Waals surface area contributed by atoms with Gasteiger partial charge in [0.15, 0.2) is 6.10 Å². The van der Waals surface area contributed by atoms with E-state index in [-0.39, 0.29) is 12.5 Å². The highest BCUT2D eigenvalue weighted by Gasteiger charge is 2.35. The van der Waals surface area contributed by atoms with Gasteiger partial charge in [-0.1, -0.05) is 25.3 Å². The zero-order chi connectivity index (χ0) is 13.5. The van der Waals surface area contributed by atoms with Gasteiger partial charge in [-0.3, -0.25) is 0 Å². The van der Waals surface area contributed by atoms with Gasteiger partial charge >= 0.3 is 5.97 Å². The maximum absolute atomic E-state index is 11.5. The minimum atomic E-state index is -1.32. The lowest BCUT2D eigenvalue weighted by molar-refractivity contribution is -0.158. The van der Waals surface area contributed by atoms with Crippen molar-refractivity contribution in [3.63, 3.8) is 0 Å². The Morgan fingerprint density at radius 2 is 2.00 bits per heavy atom. The predicted octanol–water partition coefficient (Wildman–Crippen LogP) is 1.65. The van der Waals surface area contributed by atoms with Crippen LogP contribution >= 0.6 is 0 Å². The van der Waals surface area contributed by atoms with E-state index >= 15 is 0 Å². The molecule has 0 spiro atoms. The molecule has 1 aliphatic carbocycles. The number of hydrogen-bond donors (Lipinski definition) is 2. The number of ether oxygens (including phenoxy) is 1. The van der Waals surface area contributed by atoms with E-state index in [9.17, 15) is 15.0 Å². The Labute approximate surface area is 109 Å². The van der Waals surface area contributed by atoms with Crippen LogP contribution in [-0.2, 0) is 9.53 Å². The summed E-state index contributed by atoms with van der Waals surface area (Å²) in [7, 11) is 0. The molecule has 0 aliphatic heterocycles. The molecule has 0 heterocycles. The maximum Gasteiger partial charge on any atom is 0.335 e. The number of esters is 1. The fraction of sp³-hybridized carbons (Fsp3) is 0.786. The molecule has 0 saturated heterocycles. The SMILES string of the molecule is C=C[C@@H](C(O)C(=O)OCC)C(O)C1CCCCC1. The van der Waals surface area contributed by atoms with Crippen LogP contribution in [0.4, 0.5) is 0 Å². The average molecular weight is 256 g/mol. The number of carbonyl (C=O) groups is 1. The zero-order valence-electron chi connectivity index (χ0n) is 11.0. The molecule has 1 aliphatic rings. The molecule has 4 nitrogen and oxygen atoms in total. The van der Waals surface area contributed by atoms with Crippen molar-refractivity contribution in [2.45, 2.75) is 51.2 Å². The Bertz CT molecular complexity index is 271. The number of aliphatic hydroxyl groups is 2. The Hall–Kier alpha value is -0.870. The smallest absolute Gasteiger partial charge is 0.335 e. The lowest BCUT2D eigenvalue weighted by atomic mass is 9.78. The first-order chi connectivity index (χ1) is 8.61. The van der Waals surface area contributed by atoms with Crippen LogP contribution in [0.1, 0.15) is 39.0 Å². The summed E-state index contributed by atoms with van der Waals surface area (Å²) in [6.07, 6.45) is 4.70. The summed E-state index contributed by atoms with van der Waals surface area (Å²) in [5.41, 5.74) is 0. The summed E-state index contributed by atoms with van der Waals surface area (Å²) >= 11 is 0. The summed E-state index contributed by atoms with van der Waals surface area (Å²) in [6, 6.07) is 0. The maximum atomic E-state index is 11.5. The normalized spacial score (nSPS) is 21.9. The summed E-state index contributed by atoms with van der Waals surface area (Å²) in [5, 5.41) is 20.2. The van der Waals surface area contributed by atoms with E-state index in [2.05, 4.69) is 6.58 Å². The average Bonchev–Trinajstić information content (AvgIpc) is 2.40. The lowest BCUT2D eigenvalue weighted by Gasteiger charge is -2.32. The van der Waals surface area contributed by atoms with Crippen LogP contribution < -0.4 is 0 Å². The van der Waals surface area contributed by atoms with Crippen LogP contribution in [0.15, 0.2) is 12.7 Å². The molecule has 1 saturated carbocycles. The second kappa shape index (κ2) is 7.54. The summed E-state index contributed by atoms with van der Waals surface area (Å²) < 4.78 is 4.78. The minimum Gasteiger partial charge on any atom is -0.464 e. The summed E-state index contributed by atoms with van der Waals surface area (Å²) in [6.45, 7) is 5.52. The zero-order valence-corrected chi connectivity index (χ0v) is 11.0. The number of hydrogen-bond acceptors (Lipinski definition) is 4. The van der Waals surface area contributed by atoms with Crippen molar-refractivity contribution in [2.75, 3.05) is 6.61 Å². The van der Waals surface area contributed by atoms with E-state index in [1.54, 1.807) is 6.92 Å². The van der Waals surface area contributed by atoms with Gasteiger partial charge in [0.2, 0.25) is 0 Å². The Balaban J connectivity index is 2.62. The molecule has 0 aromatic heterocycles. The second-order valence-corrected chi connectivity index (χ2v) is 4.90. The van der Waals surface area contributed by atoms with E-state index in [1.807, 2.05) is 0 Å². The third kappa shape index (κ3) is 3.82. The highest BCUT2D eigenvalue weighted by molar-refractivity contribution is 5.75. The molecule has 1 rings (SSSR count). The molecule has 0 amide bonds. The van der Waals surface area contributed by atoms with Gasteiger partial charge in [-0.05, 0) is 25.7 Å². The predicted molar refractivity (Wildman–Crippen MR) is 68.9 cm³/mol. The Kier molecular flexibility index (Phi) is 6.36. The first kappa shape index (κ1) is 15.2. The van der Waals surface area contributed by atoms with Gasteiger partial charge in [0.25, 0.3) is 0 Å². The van der Waals surface area contributed by atoms with E-state index in [0.29, 0.717) is 0 Å². The standard InChI is InChI=1S/C14H24O4/c1-3-11(13(16)14(17)18-4-2)12(15)10-8-6-5-7-9-10/h3,10-13,15-16H,1,4-9H2,2H3/t11-,12?,13?/m1/s1. The van der Waals surface area contributed by atoms with E-state index < -0.39 is 24.1 Å². The fourth-order valence-corrected chi connectivity index (χ4v) is 2.63. The van der Waals surface area contributed by atoms with Gasteiger partial charge in [0, 0.05) is 5.92 Å². The molecule has 0 radical (unpaired) electrons. The largest absolute Gasteiger partial charge is 0.464 e. The molecule has 1 fully saturated rings. The lowest BCUT2D eigenvalue weighted by Crippen LogP contribution is -2.41. The molecule has 2 N–H and O–H groups in total. The van der Waals surface area contributed by atoms with Crippen molar-refractivity contribution in [1.29, 1.82) is 0 Å². The van der Waals surface area contributed by atoms with Gasteiger partial charge in [-0.25, -0.2) is 4.79 Å². The second-order valence-electron chi connectivity index (χ2n) is 4.90. The van der Waals surface area contributed by atoms with Crippen molar-refractivity contribution in [1.82, 2.24) is 0 Å². The minimum absolute atomic E-state index is 0.144. The fourth-order valence-electron chi connectivity index (χ4n) is 2.63. The molecule has 0 bridgehead atoms. The Morgan fingerprint density at radius 3 is 2.50 bits per heavy atom. The molecule has 4 heteroatoms. The third-order valence-electron chi connectivity index (χ3n) is 3.69. The first-order valence-electron chi connectivity index (χ1n) is 6.77. The Morgan fingerprint density at radius 1 is 1.39 bits per heavy atom. The molecular weight excluding hydrogens is 232 g/mol. The van der Waals surface area contributed by atoms with Crippen molar-refractivity contribution in [3.8, 4) is 0 Å². The van der Waals surface area contributed by atoms with E-state index in [4.69, 9.17) is 4.74 Å². The van der Waals surface area contributed by atoms with Gasteiger partial charge in [-0.15, -0.1) is 6.58 Å². The van der Waals surface area contributed by atoms with Gasteiger partial charge in [0.05, 0.1) is 12.7 Å². The summed E-state index contributed by atoms with van der Waals surface area (Å²) in [5.74, 6) is -1.18. The molecule has 0 aromatic rings. The van der Waals surface area contributed by atoms with Crippen LogP contribution in [0, 0.1) is 11.8 Å². The van der Waals surface area contributed by atoms with Gasteiger partial charge in [0.1, 0.15) is 0 Å². The van der Waals surface area contributed by atoms with Crippen molar-refractivity contribution < 1.29 is 19.7 Å². The molecule has 18 heavy (non-hydrogen) atoms. The van der Waals surface area contributed by atoms with Crippen molar-refractivity contribution >= 4 is 5.97 Å². The van der Waals surface area contributed by atoms with Crippen LogP contribution in [0.5, 0.6) is 0 Å². The van der Waals surface area contributed by atoms with Crippen LogP contribution in [0.3, 0.4) is 0 Å². The highest BCUT2D eigenvalue weighted by atomic mass is 16.5. The number of carbonyl (C=O) groups excluding carboxylic acids is 1. The molecule has 0 aromatic carbocycles. The molecule has 3 atom stereocenters. The van der Waals surface area contributed by atoms with E-state index in [0.717, 1.165) is 25.7 Å². The monoisotopic (exact) mass is 256 g/mol. The van der Waals surface area contributed by atoms with E-state index in [1.165, 1.54) is 12.5 Å². The number of rotatable bonds is 6. The van der Waals surface area contributed by atoms with Crippen molar-refractivity contribution in [3.05, 3.63) is 12.7 Å². The highest BCUT2D eigenvalue weighted by Crippen LogP contribution is 2.31. The van der Waals surface area contributed by atoms with Gasteiger partial charge < -0.3 is 14.9 Å². The quantitative estimate of drug-likeness (QED) is 0.560. The summed E-state index contributed by atoms with van der Waals surface area (Å²) in [4.78, 5) is 11.5. The van der Waals surface area contributed by atoms with Crippen LogP contribution in [0.25, 0.3) is 0 Å². The molecule has 2 unspecified atom stereocenters. The topological polar surface area (TPSA) is 66.8 Å². The number of aliphatic hydroxyl groups excluding tert-OH is 2. The van der Waals surface area contributed by atoms with Gasteiger partial charge in [-0.2, -0.15) is 0 Å². The van der Waals surface area contributed by atoms with Crippen LogP contribution in [0.2, 0.25) is 0 Å². The van der Waals surface area contributed by atoms with Crippen molar-refractivity contribution in [2.24, 2.45) is 11.8 Å². The third-order valence-corrected chi connectivity index (χ3v) is 3.69. The molecular formula is C14H24O4.